The molecule has 0 atom stereocenters. The summed E-state index contributed by atoms with van der Waals surface area (Å²) >= 11 is 5.94. The van der Waals surface area contributed by atoms with Gasteiger partial charge in [0.1, 0.15) is 18.2 Å². The summed E-state index contributed by atoms with van der Waals surface area (Å²) in [4.78, 5) is 23.3. The molecule has 4 rings (SSSR count). The Morgan fingerprint density at radius 2 is 1.91 bits per heavy atom. The van der Waals surface area contributed by atoms with Gasteiger partial charge in [0.15, 0.2) is 0 Å². The Labute approximate surface area is 199 Å². The van der Waals surface area contributed by atoms with Gasteiger partial charge in [-0.1, -0.05) is 31.5 Å². The number of hydrogen-bond acceptors (Lipinski definition) is 4. The number of nitrogens with zero attached hydrogens (tertiary/aromatic N) is 5. The molecule has 0 spiro atoms. The van der Waals surface area contributed by atoms with Crippen molar-refractivity contribution in [2.24, 2.45) is 0 Å². The van der Waals surface area contributed by atoms with E-state index in [1.807, 2.05) is 13.8 Å². The normalized spacial score (nSPS) is 13.2. The number of halogens is 5. The van der Waals surface area contributed by atoms with Crippen molar-refractivity contribution < 1.29 is 22.4 Å². The van der Waals surface area contributed by atoms with Crippen molar-refractivity contribution in [2.75, 3.05) is 13.2 Å². The number of amides is 1. The number of rotatable bonds is 4. The van der Waals surface area contributed by atoms with Crippen molar-refractivity contribution in [3.05, 3.63) is 63.7 Å². The van der Waals surface area contributed by atoms with Crippen LogP contribution in [-0.4, -0.2) is 43.8 Å². The summed E-state index contributed by atoms with van der Waals surface area (Å²) < 4.78 is 53.6. The first kappa shape index (κ1) is 25.6. The molecular formula is C23H24ClF4N5O. The summed E-state index contributed by atoms with van der Waals surface area (Å²) in [5.41, 5.74) is 1.32. The van der Waals surface area contributed by atoms with Crippen molar-refractivity contribution in [1.82, 2.24) is 24.6 Å². The molecule has 0 unspecified atom stereocenters. The highest BCUT2D eigenvalue weighted by molar-refractivity contribution is 6.34. The number of carbonyl (C=O) groups excluding carboxylic acids is 1. The first-order chi connectivity index (χ1) is 16.2. The third-order valence-corrected chi connectivity index (χ3v) is 5.60. The van der Waals surface area contributed by atoms with Crippen LogP contribution in [0.5, 0.6) is 0 Å². The van der Waals surface area contributed by atoms with E-state index in [1.54, 1.807) is 19.2 Å². The molecule has 0 saturated heterocycles. The first-order valence-corrected chi connectivity index (χ1v) is 11.2. The molecule has 0 fully saturated rings. The van der Waals surface area contributed by atoms with Crippen LogP contribution in [0.2, 0.25) is 5.02 Å². The molecule has 1 amide bonds. The summed E-state index contributed by atoms with van der Waals surface area (Å²) in [5.74, 6) is -0.137. The SMILES string of the molecule is CC.Cc1nc2c(c(-c3ccn(CCF)n3)n1)CCN(C(=O)c1cccc(C(F)(F)F)c1Cl)C2. The predicted molar refractivity (Wildman–Crippen MR) is 120 cm³/mol. The van der Waals surface area contributed by atoms with Crippen molar-refractivity contribution in [3.63, 3.8) is 0 Å². The van der Waals surface area contributed by atoms with E-state index in [4.69, 9.17) is 11.6 Å². The average Bonchev–Trinajstić information content (AvgIpc) is 3.27. The van der Waals surface area contributed by atoms with Crippen LogP contribution in [0.1, 0.15) is 46.9 Å². The molecule has 0 radical (unpaired) electrons. The zero-order valence-corrected chi connectivity index (χ0v) is 19.7. The fourth-order valence-corrected chi connectivity index (χ4v) is 4.04. The Morgan fingerprint density at radius 3 is 2.59 bits per heavy atom. The highest BCUT2D eigenvalue weighted by Gasteiger charge is 2.36. The smallest absolute Gasteiger partial charge is 0.332 e. The van der Waals surface area contributed by atoms with E-state index in [0.717, 1.165) is 17.7 Å². The monoisotopic (exact) mass is 497 g/mol. The lowest BCUT2D eigenvalue weighted by Crippen LogP contribution is -2.37. The van der Waals surface area contributed by atoms with E-state index in [0.29, 0.717) is 29.3 Å². The molecule has 0 bridgehead atoms. The van der Waals surface area contributed by atoms with Gasteiger partial charge in [-0.05, 0) is 31.5 Å². The van der Waals surface area contributed by atoms with Gasteiger partial charge in [0, 0.05) is 18.3 Å². The molecule has 0 N–H and O–H groups in total. The van der Waals surface area contributed by atoms with Crippen LogP contribution >= 0.6 is 11.6 Å². The number of hydrogen-bond donors (Lipinski definition) is 0. The van der Waals surface area contributed by atoms with Crippen LogP contribution in [0.25, 0.3) is 11.4 Å². The zero-order chi connectivity index (χ0) is 25.0. The molecule has 3 aromatic rings. The van der Waals surface area contributed by atoms with E-state index < -0.39 is 29.3 Å². The van der Waals surface area contributed by atoms with E-state index in [9.17, 15) is 22.4 Å². The fourth-order valence-electron chi connectivity index (χ4n) is 3.72. The molecule has 182 valence electrons. The molecule has 1 aromatic carbocycles. The second-order valence-electron chi connectivity index (χ2n) is 7.34. The molecular weight excluding hydrogens is 474 g/mol. The molecule has 11 heteroatoms. The summed E-state index contributed by atoms with van der Waals surface area (Å²) in [7, 11) is 0. The quantitative estimate of drug-likeness (QED) is 0.445. The van der Waals surface area contributed by atoms with Gasteiger partial charge in [0.05, 0.1) is 40.6 Å². The van der Waals surface area contributed by atoms with E-state index in [2.05, 4.69) is 15.1 Å². The lowest BCUT2D eigenvalue weighted by molar-refractivity contribution is -0.137. The molecule has 2 aromatic heterocycles. The van der Waals surface area contributed by atoms with Crippen molar-refractivity contribution in [1.29, 1.82) is 0 Å². The maximum atomic E-state index is 13.2. The number of carbonyl (C=O) groups is 1. The Hall–Kier alpha value is -3.01. The molecule has 34 heavy (non-hydrogen) atoms. The van der Waals surface area contributed by atoms with E-state index in [-0.39, 0.29) is 25.2 Å². The fraction of sp³-hybridized carbons (Fsp3) is 0.391. The second kappa shape index (κ2) is 10.5. The largest absolute Gasteiger partial charge is 0.417 e. The molecule has 6 nitrogen and oxygen atoms in total. The van der Waals surface area contributed by atoms with Crippen molar-refractivity contribution in [2.45, 2.75) is 46.5 Å². The molecule has 3 heterocycles. The lowest BCUT2D eigenvalue weighted by atomic mass is 10.00. The van der Waals surface area contributed by atoms with Crippen LogP contribution in [0.4, 0.5) is 17.6 Å². The van der Waals surface area contributed by atoms with Crippen LogP contribution in [-0.2, 0) is 25.7 Å². The van der Waals surface area contributed by atoms with Crippen molar-refractivity contribution in [3.8, 4) is 11.4 Å². The van der Waals surface area contributed by atoms with Gasteiger partial charge in [0.2, 0.25) is 0 Å². The van der Waals surface area contributed by atoms with E-state index in [1.165, 1.54) is 15.6 Å². The zero-order valence-electron chi connectivity index (χ0n) is 19.0. The Bertz CT molecular complexity index is 1180. The molecule has 1 aliphatic heterocycles. The Kier molecular flexibility index (Phi) is 7.91. The minimum Gasteiger partial charge on any atom is -0.332 e. The van der Waals surface area contributed by atoms with Gasteiger partial charge in [-0.25, -0.2) is 14.4 Å². The summed E-state index contributed by atoms with van der Waals surface area (Å²) in [6, 6.07) is 5.02. The minimum atomic E-state index is -4.66. The highest BCUT2D eigenvalue weighted by atomic mass is 35.5. The second-order valence-corrected chi connectivity index (χ2v) is 7.72. The van der Waals surface area contributed by atoms with Gasteiger partial charge in [-0.3, -0.25) is 9.48 Å². The van der Waals surface area contributed by atoms with Gasteiger partial charge >= 0.3 is 6.18 Å². The van der Waals surface area contributed by atoms with E-state index >= 15 is 0 Å². The van der Waals surface area contributed by atoms with Gasteiger partial charge in [-0.2, -0.15) is 18.3 Å². The molecule has 0 saturated carbocycles. The molecule has 1 aliphatic rings. The number of fused-ring (bicyclic) bond motifs is 1. The van der Waals surface area contributed by atoms with Crippen molar-refractivity contribution >= 4 is 17.5 Å². The Balaban J connectivity index is 0.00000158. The topological polar surface area (TPSA) is 63.9 Å². The third kappa shape index (κ3) is 5.22. The number of aromatic nitrogens is 4. The number of benzene rings is 1. The van der Waals surface area contributed by atoms with Gasteiger partial charge in [-0.15, -0.1) is 0 Å². The van der Waals surface area contributed by atoms with Gasteiger partial charge in [0.25, 0.3) is 5.91 Å². The summed E-state index contributed by atoms with van der Waals surface area (Å²) in [6.07, 6.45) is -2.61. The van der Waals surface area contributed by atoms with Crippen LogP contribution in [0.3, 0.4) is 0 Å². The van der Waals surface area contributed by atoms with Crippen LogP contribution < -0.4 is 0 Å². The first-order valence-electron chi connectivity index (χ1n) is 10.8. The third-order valence-electron chi connectivity index (χ3n) is 5.20. The Morgan fingerprint density at radius 1 is 1.18 bits per heavy atom. The average molecular weight is 498 g/mol. The highest BCUT2D eigenvalue weighted by Crippen LogP contribution is 2.37. The summed E-state index contributed by atoms with van der Waals surface area (Å²) in [6.45, 7) is 5.64. The maximum absolute atomic E-state index is 13.2. The maximum Gasteiger partial charge on any atom is 0.417 e. The molecule has 0 aliphatic carbocycles. The van der Waals surface area contributed by atoms with Crippen LogP contribution in [0, 0.1) is 6.92 Å². The summed E-state index contributed by atoms with van der Waals surface area (Å²) in [5, 5.41) is 3.73. The standard InChI is InChI=1S/C21H18ClF4N5O.C2H6/c1-12-27-17-11-30(20(32)14-3-2-4-15(18(14)22)21(24,25)26)8-5-13(17)19(28-12)16-6-9-31(29-16)10-7-23;1-2/h2-4,6,9H,5,7-8,10-11H2,1H3;1-2H3. The number of alkyl halides is 4. The predicted octanol–water partition coefficient (Wildman–Crippen LogP) is 5.51. The van der Waals surface area contributed by atoms with Crippen LogP contribution in [0.15, 0.2) is 30.5 Å². The minimum absolute atomic E-state index is 0.0995. The van der Waals surface area contributed by atoms with Gasteiger partial charge < -0.3 is 4.90 Å². The lowest BCUT2D eigenvalue weighted by Gasteiger charge is -2.29. The number of aryl methyl sites for hydroxylation is 2.